The molecule has 0 saturated heterocycles. The van der Waals surface area contributed by atoms with Gasteiger partial charge in [0.25, 0.3) is 0 Å². The number of halogens is 1. The summed E-state index contributed by atoms with van der Waals surface area (Å²) in [7, 11) is 0. The van der Waals surface area contributed by atoms with Crippen LogP contribution in [0, 0.1) is 5.82 Å². The SMILES string of the molecule is O=C(O)c1cc(O)n(-c2ccc(F)cn2)n1. The van der Waals surface area contributed by atoms with E-state index >= 15 is 0 Å². The average molecular weight is 223 g/mol. The molecule has 0 atom stereocenters. The van der Waals surface area contributed by atoms with Crippen LogP contribution in [0.4, 0.5) is 4.39 Å². The summed E-state index contributed by atoms with van der Waals surface area (Å²) in [5.74, 6) is -2.05. The third kappa shape index (κ3) is 1.70. The average Bonchev–Trinajstić information content (AvgIpc) is 2.62. The highest BCUT2D eigenvalue weighted by molar-refractivity contribution is 5.85. The van der Waals surface area contributed by atoms with Gasteiger partial charge < -0.3 is 10.2 Å². The van der Waals surface area contributed by atoms with Crippen molar-refractivity contribution in [3.05, 3.63) is 35.9 Å². The van der Waals surface area contributed by atoms with E-state index < -0.39 is 11.8 Å². The normalized spacial score (nSPS) is 10.3. The minimum atomic E-state index is -1.27. The van der Waals surface area contributed by atoms with Gasteiger partial charge in [-0.2, -0.15) is 9.78 Å². The molecule has 2 N–H and O–H groups in total. The number of carboxylic acids is 1. The van der Waals surface area contributed by atoms with Gasteiger partial charge in [-0.1, -0.05) is 0 Å². The van der Waals surface area contributed by atoms with Crippen LogP contribution in [0.1, 0.15) is 10.5 Å². The van der Waals surface area contributed by atoms with Crippen LogP contribution in [0.2, 0.25) is 0 Å². The van der Waals surface area contributed by atoms with Crippen molar-refractivity contribution in [2.24, 2.45) is 0 Å². The van der Waals surface area contributed by atoms with Crippen LogP contribution in [0.15, 0.2) is 24.4 Å². The number of rotatable bonds is 2. The fourth-order valence-corrected chi connectivity index (χ4v) is 1.14. The number of carboxylic acid groups (broad SMARTS) is 1. The van der Waals surface area contributed by atoms with E-state index in [1.54, 1.807) is 0 Å². The van der Waals surface area contributed by atoms with Crippen molar-refractivity contribution in [1.29, 1.82) is 0 Å². The minimum absolute atomic E-state index is 0.131. The van der Waals surface area contributed by atoms with Crippen LogP contribution in [0.3, 0.4) is 0 Å². The van der Waals surface area contributed by atoms with E-state index in [9.17, 15) is 14.3 Å². The van der Waals surface area contributed by atoms with Crippen LogP contribution >= 0.6 is 0 Å². The summed E-state index contributed by atoms with van der Waals surface area (Å²) in [4.78, 5) is 14.2. The van der Waals surface area contributed by atoms with Gasteiger partial charge in [0.2, 0.25) is 5.88 Å². The molecule has 2 aromatic heterocycles. The molecule has 0 aliphatic rings. The summed E-state index contributed by atoms with van der Waals surface area (Å²) >= 11 is 0. The number of pyridine rings is 1. The number of hydrogen-bond donors (Lipinski definition) is 2. The lowest BCUT2D eigenvalue weighted by atomic mass is 10.4. The van der Waals surface area contributed by atoms with Gasteiger partial charge in [0.1, 0.15) is 5.82 Å². The largest absolute Gasteiger partial charge is 0.493 e. The van der Waals surface area contributed by atoms with E-state index in [4.69, 9.17) is 5.11 Å². The summed E-state index contributed by atoms with van der Waals surface area (Å²) < 4.78 is 13.5. The second-order valence-corrected chi connectivity index (χ2v) is 2.94. The van der Waals surface area contributed by atoms with E-state index in [0.717, 1.165) is 23.0 Å². The summed E-state index contributed by atoms with van der Waals surface area (Å²) in [6, 6.07) is 3.38. The molecule has 82 valence electrons. The quantitative estimate of drug-likeness (QED) is 0.786. The molecule has 0 spiro atoms. The molecule has 0 radical (unpaired) electrons. The van der Waals surface area contributed by atoms with Gasteiger partial charge in [0.05, 0.1) is 6.20 Å². The molecule has 2 aromatic rings. The maximum absolute atomic E-state index is 12.6. The molecule has 0 aliphatic carbocycles. The van der Waals surface area contributed by atoms with E-state index in [0.29, 0.717) is 0 Å². The highest BCUT2D eigenvalue weighted by Gasteiger charge is 2.14. The van der Waals surface area contributed by atoms with Crippen LogP contribution in [0.25, 0.3) is 5.82 Å². The summed E-state index contributed by atoms with van der Waals surface area (Å²) in [6.45, 7) is 0. The van der Waals surface area contributed by atoms with Crippen LogP contribution in [-0.4, -0.2) is 30.9 Å². The van der Waals surface area contributed by atoms with Gasteiger partial charge >= 0.3 is 5.97 Å². The predicted octanol–water partition coefficient (Wildman–Crippen LogP) is 0.810. The van der Waals surface area contributed by atoms with E-state index in [1.807, 2.05) is 0 Å². The zero-order valence-corrected chi connectivity index (χ0v) is 7.83. The summed E-state index contributed by atoms with van der Waals surface area (Å²) in [5, 5.41) is 21.6. The highest BCUT2D eigenvalue weighted by atomic mass is 19.1. The molecule has 0 aliphatic heterocycles. The third-order valence-corrected chi connectivity index (χ3v) is 1.84. The Morgan fingerprint density at radius 1 is 1.44 bits per heavy atom. The van der Waals surface area contributed by atoms with E-state index in [1.165, 1.54) is 6.07 Å². The lowest BCUT2D eigenvalue weighted by Crippen LogP contribution is -2.02. The molecule has 0 saturated carbocycles. The number of aromatic hydroxyl groups is 1. The number of nitrogens with zero attached hydrogens (tertiary/aromatic N) is 3. The topological polar surface area (TPSA) is 88.2 Å². The Kier molecular flexibility index (Phi) is 2.28. The fourth-order valence-electron chi connectivity index (χ4n) is 1.14. The monoisotopic (exact) mass is 223 g/mol. The van der Waals surface area contributed by atoms with Crippen molar-refractivity contribution < 1.29 is 19.4 Å². The Morgan fingerprint density at radius 3 is 2.69 bits per heavy atom. The van der Waals surface area contributed by atoms with Crippen molar-refractivity contribution in [2.75, 3.05) is 0 Å². The van der Waals surface area contributed by atoms with Crippen molar-refractivity contribution in [2.45, 2.75) is 0 Å². The molecule has 0 bridgehead atoms. The first-order valence-electron chi connectivity index (χ1n) is 4.22. The lowest BCUT2D eigenvalue weighted by molar-refractivity contribution is 0.0690. The highest BCUT2D eigenvalue weighted by Crippen LogP contribution is 2.16. The Hall–Kier alpha value is -2.44. The molecule has 6 nitrogen and oxygen atoms in total. The molecule has 7 heteroatoms. The number of aromatic nitrogens is 3. The molecule has 0 fully saturated rings. The Balaban J connectivity index is 2.47. The lowest BCUT2D eigenvalue weighted by Gasteiger charge is -2.00. The molecule has 16 heavy (non-hydrogen) atoms. The van der Waals surface area contributed by atoms with Gasteiger partial charge in [-0.05, 0) is 12.1 Å². The number of carbonyl (C=O) groups is 1. The number of hydrogen-bond acceptors (Lipinski definition) is 4. The summed E-state index contributed by atoms with van der Waals surface area (Å²) in [5.41, 5.74) is -0.316. The molecule has 0 unspecified atom stereocenters. The standard InChI is InChI=1S/C9H6FN3O3/c10-5-1-2-7(11-4-5)13-8(14)3-6(12-13)9(15)16/h1-4,14H,(H,15,16). The van der Waals surface area contributed by atoms with E-state index in [-0.39, 0.29) is 17.4 Å². The maximum Gasteiger partial charge on any atom is 0.356 e. The van der Waals surface area contributed by atoms with Gasteiger partial charge in [0, 0.05) is 6.07 Å². The zero-order chi connectivity index (χ0) is 11.7. The first-order chi connectivity index (χ1) is 7.58. The second kappa shape index (κ2) is 3.61. The first kappa shape index (κ1) is 10.1. The molecule has 0 aromatic carbocycles. The maximum atomic E-state index is 12.6. The third-order valence-electron chi connectivity index (χ3n) is 1.84. The van der Waals surface area contributed by atoms with Gasteiger partial charge in [-0.15, -0.1) is 0 Å². The van der Waals surface area contributed by atoms with Crippen molar-refractivity contribution in [3.63, 3.8) is 0 Å². The first-order valence-corrected chi connectivity index (χ1v) is 4.22. The predicted molar refractivity (Wildman–Crippen MR) is 49.9 cm³/mol. The molecular formula is C9H6FN3O3. The van der Waals surface area contributed by atoms with Crippen molar-refractivity contribution in [1.82, 2.24) is 14.8 Å². The molecule has 0 amide bonds. The molecular weight excluding hydrogens is 217 g/mol. The Labute approximate surface area is 88.6 Å². The number of aromatic carboxylic acids is 1. The van der Waals surface area contributed by atoms with Crippen LogP contribution < -0.4 is 0 Å². The minimum Gasteiger partial charge on any atom is -0.493 e. The zero-order valence-electron chi connectivity index (χ0n) is 7.83. The second-order valence-electron chi connectivity index (χ2n) is 2.94. The van der Waals surface area contributed by atoms with E-state index in [2.05, 4.69) is 10.1 Å². The van der Waals surface area contributed by atoms with Crippen molar-refractivity contribution in [3.8, 4) is 11.7 Å². The van der Waals surface area contributed by atoms with Gasteiger partial charge in [-0.3, -0.25) is 0 Å². The Bertz CT molecular complexity index is 535. The van der Waals surface area contributed by atoms with Crippen molar-refractivity contribution >= 4 is 5.97 Å². The molecule has 2 rings (SSSR count). The van der Waals surface area contributed by atoms with Crippen LogP contribution in [-0.2, 0) is 0 Å². The molecule has 2 heterocycles. The Morgan fingerprint density at radius 2 is 2.19 bits per heavy atom. The smallest absolute Gasteiger partial charge is 0.356 e. The van der Waals surface area contributed by atoms with Gasteiger partial charge in [-0.25, -0.2) is 14.2 Å². The van der Waals surface area contributed by atoms with Gasteiger partial charge in [0.15, 0.2) is 11.5 Å². The summed E-state index contributed by atoms with van der Waals surface area (Å²) in [6.07, 6.45) is 0.941. The van der Waals surface area contributed by atoms with Crippen LogP contribution in [0.5, 0.6) is 5.88 Å². The fraction of sp³-hybridized carbons (Fsp3) is 0.